The third-order valence-electron chi connectivity index (χ3n) is 4.96. The summed E-state index contributed by atoms with van der Waals surface area (Å²) in [5.74, 6) is 0.0561. The Hall–Kier alpha value is -2.38. The lowest BCUT2D eigenvalue weighted by Gasteiger charge is -2.26. The third-order valence-corrected chi connectivity index (χ3v) is 6.35. The van der Waals surface area contributed by atoms with Gasteiger partial charge in [-0.25, -0.2) is 8.42 Å². The monoisotopic (exact) mass is 416 g/mol. The minimum Gasteiger partial charge on any atom is -0.378 e. The fraction of sp³-hybridized carbons (Fsp3) is 0.409. The largest absolute Gasteiger partial charge is 0.378 e. The Morgan fingerprint density at radius 1 is 1.00 bits per heavy atom. The first-order valence-corrected chi connectivity index (χ1v) is 11.2. The summed E-state index contributed by atoms with van der Waals surface area (Å²) in [6.45, 7) is 8.63. The van der Waals surface area contributed by atoms with Gasteiger partial charge in [0.1, 0.15) is 0 Å². The van der Waals surface area contributed by atoms with E-state index in [-0.39, 0.29) is 16.2 Å². The molecular formula is C22H28N2O4S. The lowest BCUT2D eigenvalue weighted by molar-refractivity contribution is -0.134. The summed E-state index contributed by atoms with van der Waals surface area (Å²) in [5, 5.41) is 0. The van der Waals surface area contributed by atoms with Gasteiger partial charge < -0.3 is 9.64 Å². The van der Waals surface area contributed by atoms with E-state index in [1.54, 1.807) is 41.3 Å². The third kappa shape index (κ3) is 5.58. The second kappa shape index (κ2) is 8.55. The zero-order chi connectivity index (χ0) is 21.1. The highest BCUT2D eigenvalue weighted by atomic mass is 32.2. The van der Waals surface area contributed by atoms with Crippen LogP contribution >= 0.6 is 0 Å². The van der Waals surface area contributed by atoms with Crippen LogP contribution in [0.3, 0.4) is 0 Å². The van der Waals surface area contributed by atoms with E-state index >= 15 is 0 Å². The van der Waals surface area contributed by atoms with Crippen LogP contribution in [0.2, 0.25) is 0 Å². The van der Waals surface area contributed by atoms with Crippen LogP contribution in [-0.2, 0) is 31.4 Å². The van der Waals surface area contributed by atoms with E-state index in [0.717, 1.165) is 11.1 Å². The molecule has 0 radical (unpaired) electrons. The molecule has 2 aromatic carbocycles. The number of nitrogens with one attached hydrogen (secondary N) is 1. The first kappa shape index (κ1) is 21.3. The van der Waals surface area contributed by atoms with Gasteiger partial charge in [-0.3, -0.25) is 9.52 Å². The number of carbonyl (C=O) groups is 1. The molecule has 0 unspecified atom stereocenters. The molecule has 0 saturated carbocycles. The summed E-state index contributed by atoms with van der Waals surface area (Å²) < 4.78 is 33.2. The van der Waals surface area contributed by atoms with E-state index in [1.807, 2.05) is 12.1 Å². The maximum atomic E-state index is 12.6. The lowest BCUT2D eigenvalue weighted by Crippen LogP contribution is -2.41. The molecule has 29 heavy (non-hydrogen) atoms. The highest BCUT2D eigenvalue weighted by Crippen LogP contribution is 2.24. The molecule has 2 aromatic rings. The van der Waals surface area contributed by atoms with Crippen LogP contribution in [0.15, 0.2) is 53.4 Å². The smallest absolute Gasteiger partial charge is 0.261 e. The molecule has 3 rings (SSSR count). The second-order valence-electron chi connectivity index (χ2n) is 8.25. The van der Waals surface area contributed by atoms with Gasteiger partial charge in [0.25, 0.3) is 10.0 Å². The van der Waals surface area contributed by atoms with Crippen LogP contribution in [-0.4, -0.2) is 45.5 Å². The Labute approximate surface area is 172 Å². The number of anilines is 1. The summed E-state index contributed by atoms with van der Waals surface area (Å²) >= 11 is 0. The van der Waals surface area contributed by atoms with Crippen LogP contribution in [0.25, 0.3) is 0 Å². The predicted molar refractivity (Wildman–Crippen MR) is 113 cm³/mol. The molecule has 6 nitrogen and oxygen atoms in total. The minimum atomic E-state index is -3.67. The van der Waals surface area contributed by atoms with E-state index in [9.17, 15) is 13.2 Å². The number of hydrogen-bond donors (Lipinski definition) is 1. The van der Waals surface area contributed by atoms with E-state index < -0.39 is 10.0 Å². The fourth-order valence-electron chi connectivity index (χ4n) is 3.14. The van der Waals surface area contributed by atoms with Gasteiger partial charge in [-0.1, -0.05) is 45.0 Å². The number of amides is 1. The number of sulfonamides is 1. The van der Waals surface area contributed by atoms with Crippen molar-refractivity contribution in [3.05, 3.63) is 59.7 Å². The summed E-state index contributed by atoms with van der Waals surface area (Å²) in [6, 6.07) is 13.9. The zero-order valence-electron chi connectivity index (χ0n) is 17.1. The van der Waals surface area contributed by atoms with Gasteiger partial charge >= 0.3 is 0 Å². The van der Waals surface area contributed by atoms with Crippen molar-refractivity contribution < 1.29 is 17.9 Å². The Balaban J connectivity index is 1.64. The number of ether oxygens (including phenoxy) is 1. The number of hydrogen-bond acceptors (Lipinski definition) is 4. The van der Waals surface area contributed by atoms with Crippen LogP contribution in [0.4, 0.5) is 5.69 Å². The molecule has 1 heterocycles. The molecule has 0 atom stereocenters. The van der Waals surface area contributed by atoms with E-state index in [4.69, 9.17) is 4.74 Å². The van der Waals surface area contributed by atoms with Gasteiger partial charge in [-0.05, 0) is 40.8 Å². The fourth-order valence-corrected chi connectivity index (χ4v) is 4.20. The van der Waals surface area contributed by atoms with Crippen molar-refractivity contribution in [1.29, 1.82) is 0 Å². The molecular weight excluding hydrogens is 388 g/mol. The summed E-state index contributed by atoms with van der Waals surface area (Å²) in [4.78, 5) is 14.3. The SMILES string of the molecule is CC(C)(C)c1ccc(S(=O)(=O)Nc2ccc(CC(=O)N3CCOCC3)cc2)cc1. The van der Waals surface area contributed by atoms with Gasteiger partial charge in [0.05, 0.1) is 24.5 Å². The highest BCUT2D eigenvalue weighted by molar-refractivity contribution is 7.92. The quantitative estimate of drug-likeness (QED) is 0.812. The molecule has 1 N–H and O–H groups in total. The number of morpholine rings is 1. The number of nitrogens with zero attached hydrogens (tertiary/aromatic N) is 1. The second-order valence-corrected chi connectivity index (χ2v) is 9.93. The van der Waals surface area contributed by atoms with Gasteiger partial charge in [-0.15, -0.1) is 0 Å². The van der Waals surface area contributed by atoms with Crippen molar-refractivity contribution in [1.82, 2.24) is 4.90 Å². The molecule has 1 aliphatic rings. The number of benzene rings is 2. The molecule has 1 aliphatic heterocycles. The van der Waals surface area contributed by atoms with Crippen molar-refractivity contribution in [2.45, 2.75) is 37.5 Å². The summed E-state index contributed by atoms with van der Waals surface area (Å²) in [6.07, 6.45) is 0.293. The van der Waals surface area contributed by atoms with Crippen molar-refractivity contribution in [2.75, 3.05) is 31.0 Å². The predicted octanol–water partition coefficient (Wildman–Crippen LogP) is 3.19. The van der Waals surface area contributed by atoms with Gasteiger partial charge in [0, 0.05) is 18.8 Å². The Morgan fingerprint density at radius 2 is 1.59 bits per heavy atom. The molecule has 0 bridgehead atoms. The van der Waals surface area contributed by atoms with Gasteiger partial charge in [-0.2, -0.15) is 0 Å². The van der Waals surface area contributed by atoms with Crippen molar-refractivity contribution in [3.8, 4) is 0 Å². The highest BCUT2D eigenvalue weighted by Gasteiger charge is 2.19. The molecule has 0 spiro atoms. The Bertz CT molecular complexity index is 940. The molecule has 156 valence electrons. The van der Waals surface area contributed by atoms with Crippen LogP contribution in [0.5, 0.6) is 0 Å². The van der Waals surface area contributed by atoms with Gasteiger partial charge in [0.2, 0.25) is 5.91 Å². The first-order valence-electron chi connectivity index (χ1n) is 9.73. The molecule has 0 aliphatic carbocycles. The normalized spacial score (nSPS) is 15.2. The average Bonchev–Trinajstić information content (AvgIpc) is 2.69. The van der Waals surface area contributed by atoms with Crippen molar-refractivity contribution in [2.24, 2.45) is 0 Å². The van der Waals surface area contributed by atoms with Crippen LogP contribution in [0.1, 0.15) is 31.9 Å². The molecule has 1 fully saturated rings. The van der Waals surface area contributed by atoms with Crippen LogP contribution in [0, 0.1) is 0 Å². The maximum Gasteiger partial charge on any atom is 0.261 e. The zero-order valence-corrected chi connectivity index (χ0v) is 18.0. The molecule has 0 aromatic heterocycles. The Kier molecular flexibility index (Phi) is 6.29. The first-order chi connectivity index (χ1) is 13.6. The summed E-state index contributed by atoms with van der Waals surface area (Å²) in [5.41, 5.74) is 2.35. The maximum absolute atomic E-state index is 12.6. The minimum absolute atomic E-state index is 0.0375. The molecule has 7 heteroatoms. The molecule has 1 saturated heterocycles. The van der Waals surface area contributed by atoms with E-state index in [2.05, 4.69) is 25.5 Å². The molecule has 1 amide bonds. The Morgan fingerprint density at radius 3 is 2.14 bits per heavy atom. The topological polar surface area (TPSA) is 75.7 Å². The van der Waals surface area contributed by atoms with E-state index in [0.29, 0.717) is 38.4 Å². The lowest BCUT2D eigenvalue weighted by atomic mass is 9.87. The van der Waals surface area contributed by atoms with Crippen molar-refractivity contribution in [3.63, 3.8) is 0 Å². The number of rotatable bonds is 5. The van der Waals surface area contributed by atoms with Gasteiger partial charge in [0.15, 0.2) is 0 Å². The van der Waals surface area contributed by atoms with Crippen molar-refractivity contribution >= 4 is 21.6 Å². The average molecular weight is 417 g/mol. The summed E-state index contributed by atoms with van der Waals surface area (Å²) in [7, 11) is -3.67. The standard InChI is InChI=1S/C22H28N2O4S/c1-22(2,3)18-6-10-20(11-7-18)29(26,27)23-19-8-4-17(5-9-19)16-21(25)24-12-14-28-15-13-24/h4-11,23H,12-16H2,1-3H3. The van der Waals surface area contributed by atoms with E-state index in [1.165, 1.54) is 0 Å². The number of carbonyl (C=O) groups excluding carboxylic acids is 1. The van der Waals surface area contributed by atoms with Crippen LogP contribution < -0.4 is 4.72 Å².